The third-order valence-corrected chi connectivity index (χ3v) is 3.53. The number of hydrogen-bond donors (Lipinski definition) is 3. The van der Waals surface area contributed by atoms with Gasteiger partial charge in [-0.15, -0.1) is 0 Å². The summed E-state index contributed by atoms with van der Waals surface area (Å²) in [5.74, 6) is -1.75. The molecule has 1 atom stereocenters. The minimum absolute atomic E-state index is 0.0442. The number of carboxylic acid groups (broad SMARTS) is 1. The molecule has 0 aliphatic carbocycles. The van der Waals surface area contributed by atoms with Gasteiger partial charge in [0.25, 0.3) is 0 Å². The molecule has 1 aromatic rings. The normalized spacial score (nSPS) is 12.3. The van der Waals surface area contributed by atoms with Crippen LogP contribution in [0.3, 0.4) is 0 Å². The topological polar surface area (TPSA) is 92.4 Å². The lowest BCUT2D eigenvalue weighted by molar-refractivity contribution is -0.120. The van der Waals surface area contributed by atoms with Crippen LogP contribution in [0.1, 0.15) is 24.2 Å². The Balaban J connectivity index is 3.04. The van der Waals surface area contributed by atoms with Crippen molar-refractivity contribution in [2.75, 3.05) is 11.9 Å². The second-order valence-corrected chi connectivity index (χ2v) is 5.51. The summed E-state index contributed by atoms with van der Waals surface area (Å²) in [6.45, 7) is 3.97. The van der Waals surface area contributed by atoms with E-state index >= 15 is 0 Å². The highest BCUT2D eigenvalue weighted by Gasteiger charge is 2.22. The molecule has 0 heterocycles. The maximum Gasteiger partial charge on any atom is 0.335 e. The van der Waals surface area contributed by atoms with Crippen molar-refractivity contribution in [3.8, 4) is 0 Å². The Bertz CT molecular complexity index is 509. The number of rotatable bonds is 5. The predicted octanol–water partition coefficient (Wildman–Crippen LogP) is 2.86. The van der Waals surface area contributed by atoms with Crippen molar-refractivity contribution in [2.24, 2.45) is 17.6 Å². The molecule has 0 saturated heterocycles. The van der Waals surface area contributed by atoms with Crippen LogP contribution in [0.15, 0.2) is 12.1 Å². The molecule has 20 heavy (non-hydrogen) atoms. The minimum Gasteiger partial charge on any atom is -0.478 e. The number of halogens is 2. The monoisotopic (exact) mass is 318 g/mol. The first-order valence-electron chi connectivity index (χ1n) is 6.01. The van der Waals surface area contributed by atoms with Gasteiger partial charge in [0, 0.05) is 6.54 Å². The van der Waals surface area contributed by atoms with E-state index in [4.69, 9.17) is 34.0 Å². The second-order valence-electron chi connectivity index (χ2n) is 4.70. The van der Waals surface area contributed by atoms with Gasteiger partial charge in [0.15, 0.2) is 0 Å². The van der Waals surface area contributed by atoms with Crippen molar-refractivity contribution in [3.05, 3.63) is 27.7 Å². The van der Waals surface area contributed by atoms with Gasteiger partial charge in [-0.25, -0.2) is 4.79 Å². The summed E-state index contributed by atoms with van der Waals surface area (Å²) >= 11 is 11.9. The quantitative estimate of drug-likeness (QED) is 0.778. The molecular formula is C13H16Cl2N2O3. The summed E-state index contributed by atoms with van der Waals surface area (Å²) in [5, 5.41) is 11.6. The number of anilines is 1. The molecule has 1 aromatic carbocycles. The Morgan fingerprint density at radius 2 is 1.80 bits per heavy atom. The third-order valence-electron chi connectivity index (χ3n) is 2.93. The zero-order chi connectivity index (χ0) is 15.4. The minimum atomic E-state index is -1.14. The molecule has 1 amide bonds. The Hall–Kier alpha value is -1.30. The van der Waals surface area contributed by atoms with Crippen molar-refractivity contribution in [1.82, 2.24) is 0 Å². The average molecular weight is 319 g/mol. The van der Waals surface area contributed by atoms with Gasteiger partial charge in [-0.1, -0.05) is 37.0 Å². The molecule has 0 bridgehead atoms. The molecule has 7 heteroatoms. The van der Waals surface area contributed by atoms with Crippen LogP contribution in [0, 0.1) is 11.8 Å². The number of aromatic carboxylic acids is 1. The zero-order valence-corrected chi connectivity index (χ0v) is 12.6. The third kappa shape index (κ3) is 3.85. The maximum atomic E-state index is 12.1. The number of nitrogens with one attached hydrogen (secondary N) is 1. The Kier molecular flexibility index (Phi) is 5.80. The fourth-order valence-electron chi connectivity index (χ4n) is 1.71. The summed E-state index contributed by atoms with van der Waals surface area (Å²) in [6, 6.07) is 2.47. The van der Waals surface area contributed by atoms with Gasteiger partial charge in [0.05, 0.1) is 27.2 Å². The first-order chi connectivity index (χ1) is 9.27. The molecule has 0 radical (unpaired) electrons. The Morgan fingerprint density at radius 3 is 2.15 bits per heavy atom. The predicted molar refractivity (Wildman–Crippen MR) is 79.4 cm³/mol. The lowest BCUT2D eigenvalue weighted by atomic mass is 9.95. The van der Waals surface area contributed by atoms with Gasteiger partial charge < -0.3 is 16.2 Å². The van der Waals surface area contributed by atoms with E-state index < -0.39 is 5.97 Å². The average Bonchev–Trinajstić information content (AvgIpc) is 2.33. The van der Waals surface area contributed by atoms with Gasteiger partial charge in [-0.3, -0.25) is 4.79 Å². The van der Waals surface area contributed by atoms with Crippen LogP contribution in [0.25, 0.3) is 0 Å². The Morgan fingerprint density at radius 1 is 1.30 bits per heavy atom. The van der Waals surface area contributed by atoms with Crippen molar-refractivity contribution < 1.29 is 14.7 Å². The number of carbonyl (C=O) groups excluding carboxylic acids is 1. The van der Waals surface area contributed by atoms with Crippen LogP contribution >= 0.6 is 23.2 Å². The molecule has 5 nitrogen and oxygen atoms in total. The SMILES string of the molecule is CC(C)C(CN)C(=O)Nc1c(Cl)cc(C(=O)O)cc1Cl. The van der Waals surface area contributed by atoms with Gasteiger partial charge in [0.1, 0.15) is 0 Å². The summed E-state index contributed by atoms with van der Waals surface area (Å²) in [6.07, 6.45) is 0. The van der Waals surface area contributed by atoms with Crippen LogP contribution < -0.4 is 11.1 Å². The van der Waals surface area contributed by atoms with Crippen molar-refractivity contribution in [3.63, 3.8) is 0 Å². The number of carboxylic acids is 1. The molecule has 0 aromatic heterocycles. The highest BCUT2D eigenvalue weighted by Crippen LogP contribution is 2.32. The second kappa shape index (κ2) is 6.92. The summed E-state index contributed by atoms with van der Waals surface area (Å²) < 4.78 is 0. The molecule has 110 valence electrons. The van der Waals surface area contributed by atoms with E-state index in [9.17, 15) is 9.59 Å². The molecule has 4 N–H and O–H groups in total. The largest absolute Gasteiger partial charge is 0.478 e. The van der Waals surface area contributed by atoms with E-state index in [2.05, 4.69) is 5.32 Å². The highest BCUT2D eigenvalue weighted by molar-refractivity contribution is 6.40. The number of nitrogens with two attached hydrogens (primary N) is 1. The van der Waals surface area contributed by atoms with Crippen LogP contribution in [-0.2, 0) is 4.79 Å². The van der Waals surface area contributed by atoms with Gasteiger partial charge in [0.2, 0.25) is 5.91 Å². The summed E-state index contributed by atoms with van der Waals surface area (Å²) in [4.78, 5) is 22.9. The van der Waals surface area contributed by atoms with Gasteiger partial charge in [-0.05, 0) is 18.1 Å². The molecule has 0 fully saturated rings. The number of amides is 1. The van der Waals surface area contributed by atoms with Crippen LogP contribution in [-0.4, -0.2) is 23.5 Å². The summed E-state index contributed by atoms with van der Waals surface area (Å²) in [5.41, 5.74) is 5.72. The fourth-order valence-corrected chi connectivity index (χ4v) is 2.30. The van der Waals surface area contributed by atoms with Crippen LogP contribution in [0.2, 0.25) is 10.0 Å². The highest BCUT2D eigenvalue weighted by atomic mass is 35.5. The van der Waals surface area contributed by atoms with E-state index in [1.807, 2.05) is 13.8 Å². The smallest absolute Gasteiger partial charge is 0.335 e. The van der Waals surface area contributed by atoms with E-state index in [0.29, 0.717) is 0 Å². The molecule has 0 aliphatic heterocycles. The molecular weight excluding hydrogens is 303 g/mol. The molecule has 1 unspecified atom stereocenters. The van der Waals surface area contributed by atoms with Gasteiger partial charge in [-0.2, -0.15) is 0 Å². The zero-order valence-electron chi connectivity index (χ0n) is 11.1. The van der Waals surface area contributed by atoms with E-state index in [0.717, 1.165) is 0 Å². The van der Waals surface area contributed by atoms with Crippen LogP contribution in [0.5, 0.6) is 0 Å². The van der Waals surface area contributed by atoms with Crippen LogP contribution in [0.4, 0.5) is 5.69 Å². The van der Waals surface area contributed by atoms with E-state index in [1.165, 1.54) is 12.1 Å². The first kappa shape index (κ1) is 16.8. The lowest BCUT2D eigenvalue weighted by Gasteiger charge is -2.19. The Labute approximate surface area is 127 Å². The molecule has 0 saturated carbocycles. The summed E-state index contributed by atoms with van der Waals surface area (Å²) in [7, 11) is 0. The van der Waals surface area contributed by atoms with E-state index in [1.54, 1.807) is 0 Å². The van der Waals surface area contributed by atoms with Crippen molar-refractivity contribution in [1.29, 1.82) is 0 Å². The van der Waals surface area contributed by atoms with Gasteiger partial charge >= 0.3 is 5.97 Å². The lowest BCUT2D eigenvalue weighted by Crippen LogP contribution is -2.33. The molecule has 0 aliphatic rings. The number of carbonyl (C=O) groups is 2. The molecule has 0 spiro atoms. The fraction of sp³-hybridized carbons (Fsp3) is 0.385. The number of hydrogen-bond acceptors (Lipinski definition) is 3. The first-order valence-corrected chi connectivity index (χ1v) is 6.76. The number of benzene rings is 1. The maximum absolute atomic E-state index is 12.1. The van der Waals surface area contributed by atoms with Crippen molar-refractivity contribution in [2.45, 2.75) is 13.8 Å². The van der Waals surface area contributed by atoms with Crippen molar-refractivity contribution >= 4 is 40.8 Å². The standard InChI is InChI=1S/C13H16Cl2N2O3/c1-6(2)8(5-16)12(18)17-11-9(14)3-7(13(19)20)4-10(11)15/h3-4,6,8H,5,16H2,1-2H3,(H,17,18)(H,19,20). The molecule has 1 rings (SSSR count). The van der Waals surface area contributed by atoms with E-state index in [-0.39, 0.29) is 45.6 Å².